The predicted molar refractivity (Wildman–Crippen MR) is 115 cm³/mol. The first kappa shape index (κ1) is 19.5. The zero-order valence-corrected chi connectivity index (χ0v) is 17.5. The number of hydrogen-bond acceptors (Lipinski definition) is 5. The van der Waals surface area contributed by atoms with Crippen molar-refractivity contribution in [1.82, 2.24) is 15.2 Å². The molecule has 1 aliphatic heterocycles. The van der Waals surface area contributed by atoms with E-state index < -0.39 is 0 Å². The first-order valence-corrected chi connectivity index (χ1v) is 10.6. The van der Waals surface area contributed by atoms with Crippen molar-refractivity contribution in [3.05, 3.63) is 53.0 Å². The molecule has 1 saturated heterocycles. The molecule has 7 heteroatoms. The highest BCUT2D eigenvalue weighted by Crippen LogP contribution is 2.36. The highest BCUT2D eigenvalue weighted by atomic mass is 32.1. The Balaban J connectivity index is 1.37. The summed E-state index contributed by atoms with van der Waals surface area (Å²) in [4.78, 5) is 19.5. The molecule has 1 unspecified atom stereocenters. The van der Waals surface area contributed by atoms with Gasteiger partial charge in [0.25, 0.3) is 0 Å². The number of likely N-dealkylation sites (tertiary alicyclic amines) is 1. The first-order chi connectivity index (χ1) is 14.2. The first-order valence-electron chi connectivity index (χ1n) is 9.80. The molecular formula is C22H25N3O3S. The van der Waals surface area contributed by atoms with Crippen molar-refractivity contribution >= 4 is 27.6 Å². The number of thiazole rings is 1. The van der Waals surface area contributed by atoms with E-state index in [1.165, 1.54) is 4.70 Å². The Morgan fingerprint density at radius 3 is 2.83 bits per heavy atom. The summed E-state index contributed by atoms with van der Waals surface area (Å²) in [5.74, 6) is 1.41. The third kappa shape index (κ3) is 4.15. The van der Waals surface area contributed by atoms with Gasteiger partial charge < -0.3 is 19.7 Å². The Morgan fingerprint density at radius 1 is 1.21 bits per heavy atom. The maximum Gasteiger partial charge on any atom is 0.318 e. The summed E-state index contributed by atoms with van der Waals surface area (Å²) in [6, 6.07) is 14.0. The van der Waals surface area contributed by atoms with Gasteiger partial charge in [-0.25, -0.2) is 9.78 Å². The maximum atomic E-state index is 12.8. The second kappa shape index (κ2) is 8.69. The third-order valence-corrected chi connectivity index (χ3v) is 6.38. The van der Waals surface area contributed by atoms with E-state index in [1.54, 1.807) is 25.6 Å². The van der Waals surface area contributed by atoms with Crippen LogP contribution in [0.3, 0.4) is 0 Å². The highest BCUT2D eigenvalue weighted by Gasteiger charge is 2.32. The van der Waals surface area contributed by atoms with Crippen LogP contribution in [-0.2, 0) is 6.42 Å². The molecule has 0 radical (unpaired) electrons. The number of para-hydroxylation sites is 1. The van der Waals surface area contributed by atoms with Crippen LogP contribution in [0.1, 0.15) is 29.5 Å². The van der Waals surface area contributed by atoms with Gasteiger partial charge in [-0.3, -0.25) is 0 Å². The lowest BCUT2D eigenvalue weighted by molar-refractivity contribution is 0.193. The van der Waals surface area contributed by atoms with E-state index in [0.29, 0.717) is 18.0 Å². The van der Waals surface area contributed by atoms with E-state index in [4.69, 9.17) is 14.5 Å². The van der Waals surface area contributed by atoms with Gasteiger partial charge in [0.05, 0.1) is 30.5 Å². The lowest BCUT2D eigenvalue weighted by Crippen LogP contribution is -2.40. The largest absolute Gasteiger partial charge is 0.493 e. The number of hydrogen-bond donors (Lipinski definition) is 1. The molecule has 2 aromatic carbocycles. The van der Waals surface area contributed by atoms with Crippen LogP contribution in [0.5, 0.6) is 11.5 Å². The summed E-state index contributed by atoms with van der Waals surface area (Å²) in [6.07, 6.45) is 2.69. The van der Waals surface area contributed by atoms with Gasteiger partial charge in [-0.05, 0) is 49.1 Å². The Labute approximate surface area is 174 Å². The summed E-state index contributed by atoms with van der Waals surface area (Å²) in [6.45, 7) is 1.33. The Bertz CT molecular complexity index is 971. The topological polar surface area (TPSA) is 63.7 Å². The molecule has 6 nitrogen and oxygen atoms in total. The van der Waals surface area contributed by atoms with Crippen molar-refractivity contribution in [2.24, 2.45) is 0 Å². The molecule has 29 heavy (non-hydrogen) atoms. The zero-order chi connectivity index (χ0) is 20.2. The van der Waals surface area contributed by atoms with Crippen LogP contribution in [0, 0.1) is 0 Å². The maximum absolute atomic E-state index is 12.8. The SMILES string of the molecule is COc1ccc(CCNC(=O)N2CCCC2c2nc3ccccc3s2)cc1OC. The summed E-state index contributed by atoms with van der Waals surface area (Å²) in [7, 11) is 3.24. The van der Waals surface area contributed by atoms with Crippen molar-refractivity contribution in [1.29, 1.82) is 0 Å². The van der Waals surface area contributed by atoms with E-state index in [-0.39, 0.29) is 12.1 Å². The number of ether oxygens (including phenoxy) is 2. The van der Waals surface area contributed by atoms with Crippen molar-refractivity contribution in [2.75, 3.05) is 27.3 Å². The number of urea groups is 1. The number of rotatable bonds is 6. The fourth-order valence-corrected chi connectivity index (χ4v) is 4.87. The standard InChI is InChI=1S/C22H25N3O3S/c1-27-18-10-9-15(14-19(18)28-2)11-12-23-22(26)25-13-5-7-17(25)21-24-16-6-3-4-8-20(16)29-21/h3-4,6,8-10,14,17H,5,7,11-13H2,1-2H3,(H,23,26). The van der Waals surface area contributed by atoms with Gasteiger partial charge >= 0.3 is 6.03 Å². The number of carbonyl (C=O) groups excluding carboxylic acids is 1. The fourth-order valence-electron chi connectivity index (χ4n) is 3.75. The normalized spacial score (nSPS) is 16.2. The van der Waals surface area contributed by atoms with E-state index in [1.807, 2.05) is 41.3 Å². The number of aromatic nitrogens is 1. The Hall–Kier alpha value is -2.80. The van der Waals surface area contributed by atoms with E-state index in [9.17, 15) is 4.79 Å². The summed E-state index contributed by atoms with van der Waals surface area (Å²) in [5.41, 5.74) is 2.10. The van der Waals surface area contributed by atoms with Crippen molar-refractivity contribution in [3.8, 4) is 11.5 Å². The smallest absolute Gasteiger partial charge is 0.318 e. The van der Waals surface area contributed by atoms with E-state index in [2.05, 4.69) is 11.4 Å². The number of amides is 2. The molecule has 3 aromatic rings. The fraction of sp³-hybridized carbons (Fsp3) is 0.364. The van der Waals surface area contributed by atoms with E-state index >= 15 is 0 Å². The van der Waals surface area contributed by atoms with Gasteiger partial charge in [-0.2, -0.15) is 0 Å². The lowest BCUT2D eigenvalue weighted by Gasteiger charge is -2.23. The predicted octanol–water partition coefficient (Wildman–Crippen LogP) is 4.40. The van der Waals surface area contributed by atoms with Crippen LogP contribution in [0.15, 0.2) is 42.5 Å². The average Bonchev–Trinajstić information content (AvgIpc) is 3.40. The lowest BCUT2D eigenvalue weighted by atomic mass is 10.1. The second-order valence-corrected chi connectivity index (χ2v) is 8.10. The van der Waals surface area contributed by atoms with Gasteiger partial charge in [-0.1, -0.05) is 18.2 Å². The molecule has 0 aliphatic carbocycles. The van der Waals surface area contributed by atoms with E-state index in [0.717, 1.165) is 41.9 Å². The number of fused-ring (bicyclic) bond motifs is 1. The Morgan fingerprint density at radius 2 is 2.03 bits per heavy atom. The minimum atomic E-state index is -0.0211. The molecule has 152 valence electrons. The van der Waals surface area contributed by atoms with Crippen LogP contribution in [0.2, 0.25) is 0 Å². The zero-order valence-electron chi connectivity index (χ0n) is 16.7. The summed E-state index contributed by atoms with van der Waals surface area (Å²) >= 11 is 1.69. The van der Waals surface area contributed by atoms with Crippen molar-refractivity contribution in [3.63, 3.8) is 0 Å². The monoisotopic (exact) mass is 411 g/mol. The second-order valence-electron chi connectivity index (χ2n) is 7.04. The molecule has 0 bridgehead atoms. The molecule has 1 atom stereocenters. The van der Waals surface area contributed by atoms with Crippen LogP contribution >= 0.6 is 11.3 Å². The van der Waals surface area contributed by atoms with Gasteiger partial charge in [0.15, 0.2) is 11.5 Å². The molecule has 2 amide bonds. The molecule has 2 heterocycles. The minimum absolute atomic E-state index is 0.0211. The number of carbonyl (C=O) groups is 1. The van der Waals surface area contributed by atoms with Crippen LogP contribution in [0.25, 0.3) is 10.2 Å². The van der Waals surface area contributed by atoms with Gasteiger partial charge in [0.1, 0.15) is 5.01 Å². The Kier molecular flexibility index (Phi) is 5.85. The van der Waals surface area contributed by atoms with Gasteiger partial charge in [0, 0.05) is 13.1 Å². The average molecular weight is 412 g/mol. The number of benzene rings is 2. The van der Waals surface area contributed by atoms with Crippen LogP contribution in [0.4, 0.5) is 4.79 Å². The molecule has 1 fully saturated rings. The van der Waals surface area contributed by atoms with Gasteiger partial charge in [-0.15, -0.1) is 11.3 Å². The van der Waals surface area contributed by atoms with Crippen molar-refractivity contribution < 1.29 is 14.3 Å². The van der Waals surface area contributed by atoms with Crippen molar-refractivity contribution in [2.45, 2.75) is 25.3 Å². The number of nitrogens with zero attached hydrogens (tertiary/aromatic N) is 2. The molecule has 4 rings (SSSR count). The quantitative estimate of drug-likeness (QED) is 0.653. The molecule has 1 N–H and O–H groups in total. The number of methoxy groups -OCH3 is 2. The highest BCUT2D eigenvalue weighted by molar-refractivity contribution is 7.18. The summed E-state index contributed by atoms with van der Waals surface area (Å²) in [5, 5.41) is 4.09. The molecule has 1 aromatic heterocycles. The molecule has 0 saturated carbocycles. The third-order valence-electron chi connectivity index (χ3n) is 5.25. The molecular weight excluding hydrogens is 386 g/mol. The molecule has 0 spiro atoms. The van der Waals surface area contributed by atoms with Crippen LogP contribution < -0.4 is 14.8 Å². The van der Waals surface area contributed by atoms with Gasteiger partial charge in [0.2, 0.25) is 0 Å². The summed E-state index contributed by atoms with van der Waals surface area (Å²) < 4.78 is 11.8. The molecule has 1 aliphatic rings. The number of nitrogens with one attached hydrogen (secondary N) is 1. The van der Waals surface area contributed by atoms with Crippen LogP contribution in [-0.4, -0.2) is 43.2 Å². The minimum Gasteiger partial charge on any atom is -0.493 e.